The summed E-state index contributed by atoms with van der Waals surface area (Å²) in [7, 11) is 2.05. The quantitative estimate of drug-likeness (QED) is 0.912. The number of likely N-dealkylation sites (tertiary alicyclic amines) is 1. The van der Waals surface area contributed by atoms with E-state index in [0.29, 0.717) is 6.04 Å². The highest BCUT2D eigenvalue weighted by Crippen LogP contribution is 2.15. The third-order valence-corrected chi connectivity index (χ3v) is 3.49. The highest BCUT2D eigenvalue weighted by atomic mass is 35.5. The van der Waals surface area contributed by atoms with E-state index in [4.69, 9.17) is 11.6 Å². The summed E-state index contributed by atoms with van der Waals surface area (Å²) in [6.45, 7) is 3.40. The van der Waals surface area contributed by atoms with E-state index in [1.807, 2.05) is 12.1 Å². The molecule has 2 rings (SSSR count). The standard InChI is InChI=1S/C13H19ClN2.ClH/c1-15-13-3-2-8-16(10-13)9-11-4-6-12(14)7-5-11;/h4-7,13,15H,2-3,8-10H2,1H3;1H. The van der Waals surface area contributed by atoms with E-state index in [1.54, 1.807) is 0 Å². The number of hydrogen-bond donors (Lipinski definition) is 1. The van der Waals surface area contributed by atoms with E-state index in [2.05, 4.69) is 29.4 Å². The van der Waals surface area contributed by atoms with Crippen LogP contribution in [0, 0.1) is 0 Å². The fourth-order valence-corrected chi connectivity index (χ4v) is 2.41. The predicted octanol–water partition coefficient (Wildman–Crippen LogP) is 2.95. The van der Waals surface area contributed by atoms with Gasteiger partial charge in [0.1, 0.15) is 0 Å². The van der Waals surface area contributed by atoms with Crippen LogP contribution in [0.25, 0.3) is 0 Å². The Morgan fingerprint density at radius 1 is 1.35 bits per heavy atom. The molecule has 4 heteroatoms. The number of piperidine rings is 1. The summed E-state index contributed by atoms with van der Waals surface area (Å²) in [6, 6.07) is 8.82. The van der Waals surface area contributed by atoms with Crippen molar-refractivity contribution in [2.45, 2.75) is 25.4 Å². The molecule has 1 saturated heterocycles. The van der Waals surface area contributed by atoms with Gasteiger partial charge in [0.05, 0.1) is 0 Å². The lowest BCUT2D eigenvalue weighted by molar-refractivity contribution is 0.188. The molecule has 1 aromatic carbocycles. The Morgan fingerprint density at radius 2 is 2.06 bits per heavy atom. The highest BCUT2D eigenvalue weighted by Gasteiger charge is 2.17. The zero-order valence-corrected chi connectivity index (χ0v) is 11.7. The van der Waals surface area contributed by atoms with Gasteiger partial charge in [-0.25, -0.2) is 0 Å². The molecular formula is C13H20Cl2N2. The van der Waals surface area contributed by atoms with Crippen LogP contribution in [0.5, 0.6) is 0 Å². The van der Waals surface area contributed by atoms with Crippen molar-refractivity contribution in [1.82, 2.24) is 10.2 Å². The van der Waals surface area contributed by atoms with Gasteiger partial charge in [-0.3, -0.25) is 4.90 Å². The Bertz CT molecular complexity index is 327. The van der Waals surface area contributed by atoms with Crippen molar-refractivity contribution in [3.05, 3.63) is 34.9 Å². The molecular weight excluding hydrogens is 255 g/mol. The van der Waals surface area contributed by atoms with Crippen LogP contribution in [0.15, 0.2) is 24.3 Å². The fourth-order valence-electron chi connectivity index (χ4n) is 2.28. The topological polar surface area (TPSA) is 15.3 Å². The van der Waals surface area contributed by atoms with Crippen LogP contribution in [0.2, 0.25) is 5.02 Å². The van der Waals surface area contributed by atoms with Crippen molar-refractivity contribution in [1.29, 1.82) is 0 Å². The molecule has 1 unspecified atom stereocenters. The zero-order valence-electron chi connectivity index (χ0n) is 10.2. The Hall–Kier alpha value is -0.280. The van der Waals surface area contributed by atoms with Gasteiger partial charge in [0.25, 0.3) is 0 Å². The average molecular weight is 275 g/mol. The fraction of sp³-hybridized carbons (Fsp3) is 0.538. The minimum Gasteiger partial charge on any atom is -0.316 e. The first-order valence-electron chi connectivity index (χ1n) is 5.92. The lowest BCUT2D eigenvalue weighted by atomic mass is 10.1. The second-order valence-corrected chi connectivity index (χ2v) is 4.93. The van der Waals surface area contributed by atoms with Gasteiger partial charge < -0.3 is 5.32 Å². The lowest BCUT2D eigenvalue weighted by Gasteiger charge is -2.32. The summed E-state index contributed by atoms with van der Waals surface area (Å²) in [5.41, 5.74) is 1.35. The molecule has 0 aliphatic carbocycles. The molecule has 1 fully saturated rings. The molecule has 17 heavy (non-hydrogen) atoms. The van der Waals surface area contributed by atoms with Gasteiger partial charge >= 0.3 is 0 Å². The molecule has 1 aliphatic rings. The summed E-state index contributed by atoms with van der Waals surface area (Å²) < 4.78 is 0. The zero-order chi connectivity index (χ0) is 11.4. The third-order valence-electron chi connectivity index (χ3n) is 3.23. The van der Waals surface area contributed by atoms with Crippen LogP contribution in [0.1, 0.15) is 18.4 Å². The third kappa shape index (κ3) is 4.47. The maximum absolute atomic E-state index is 5.88. The van der Waals surface area contributed by atoms with Gasteiger partial charge in [-0.05, 0) is 44.1 Å². The number of halogens is 2. The minimum absolute atomic E-state index is 0. The molecule has 0 saturated carbocycles. The molecule has 0 radical (unpaired) electrons. The molecule has 1 aliphatic heterocycles. The number of nitrogens with one attached hydrogen (secondary N) is 1. The largest absolute Gasteiger partial charge is 0.316 e. The van der Waals surface area contributed by atoms with E-state index in [9.17, 15) is 0 Å². The number of benzene rings is 1. The van der Waals surface area contributed by atoms with Gasteiger partial charge in [-0.15, -0.1) is 12.4 Å². The maximum Gasteiger partial charge on any atom is 0.0406 e. The molecule has 1 heterocycles. The van der Waals surface area contributed by atoms with Crippen molar-refractivity contribution in [2.24, 2.45) is 0 Å². The molecule has 0 spiro atoms. The first-order valence-corrected chi connectivity index (χ1v) is 6.30. The van der Waals surface area contributed by atoms with Gasteiger partial charge in [0.2, 0.25) is 0 Å². The molecule has 1 aromatic rings. The van der Waals surface area contributed by atoms with Gasteiger partial charge in [-0.2, -0.15) is 0 Å². The van der Waals surface area contributed by atoms with E-state index < -0.39 is 0 Å². The Labute approximate surface area is 115 Å². The van der Waals surface area contributed by atoms with Crippen molar-refractivity contribution in [2.75, 3.05) is 20.1 Å². The number of rotatable bonds is 3. The molecule has 0 bridgehead atoms. The lowest BCUT2D eigenvalue weighted by Crippen LogP contribution is -2.43. The summed E-state index contributed by atoms with van der Waals surface area (Å²) in [5, 5.41) is 4.18. The second-order valence-electron chi connectivity index (χ2n) is 4.49. The molecule has 0 aromatic heterocycles. The smallest absolute Gasteiger partial charge is 0.0406 e. The second kappa shape index (κ2) is 7.22. The normalized spacial score (nSPS) is 20.9. The number of hydrogen-bond acceptors (Lipinski definition) is 2. The number of likely N-dealkylation sites (N-methyl/N-ethyl adjacent to an activating group) is 1. The van der Waals surface area contributed by atoms with Crippen LogP contribution in [-0.2, 0) is 6.54 Å². The Morgan fingerprint density at radius 3 is 2.71 bits per heavy atom. The number of nitrogens with zero attached hydrogens (tertiary/aromatic N) is 1. The van der Waals surface area contributed by atoms with Crippen molar-refractivity contribution in [3.63, 3.8) is 0 Å². The average Bonchev–Trinajstić information content (AvgIpc) is 2.32. The Balaban J connectivity index is 0.00000144. The van der Waals surface area contributed by atoms with E-state index in [-0.39, 0.29) is 12.4 Å². The molecule has 96 valence electrons. The van der Waals surface area contributed by atoms with Crippen LogP contribution >= 0.6 is 24.0 Å². The van der Waals surface area contributed by atoms with E-state index in [0.717, 1.165) is 18.1 Å². The van der Waals surface area contributed by atoms with E-state index >= 15 is 0 Å². The summed E-state index contributed by atoms with van der Waals surface area (Å²) in [5.74, 6) is 0. The first-order chi connectivity index (χ1) is 7.78. The van der Waals surface area contributed by atoms with Crippen molar-refractivity contribution < 1.29 is 0 Å². The summed E-state index contributed by atoms with van der Waals surface area (Å²) in [4.78, 5) is 2.51. The monoisotopic (exact) mass is 274 g/mol. The molecule has 1 atom stereocenters. The van der Waals surface area contributed by atoms with Crippen LogP contribution in [-0.4, -0.2) is 31.1 Å². The minimum atomic E-state index is 0. The molecule has 1 N–H and O–H groups in total. The van der Waals surface area contributed by atoms with Crippen LogP contribution in [0.3, 0.4) is 0 Å². The molecule has 0 amide bonds. The Kier molecular flexibility index (Phi) is 6.28. The summed E-state index contributed by atoms with van der Waals surface area (Å²) >= 11 is 5.88. The van der Waals surface area contributed by atoms with Gasteiger partial charge in [-0.1, -0.05) is 23.7 Å². The first kappa shape index (κ1) is 14.8. The van der Waals surface area contributed by atoms with E-state index in [1.165, 1.54) is 24.9 Å². The molecule has 2 nitrogen and oxygen atoms in total. The predicted molar refractivity (Wildman–Crippen MR) is 76.1 cm³/mol. The van der Waals surface area contributed by atoms with Crippen LogP contribution < -0.4 is 5.32 Å². The van der Waals surface area contributed by atoms with Crippen molar-refractivity contribution in [3.8, 4) is 0 Å². The SMILES string of the molecule is CNC1CCCN(Cc2ccc(Cl)cc2)C1.Cl. The maximum atomic E-state index is 5.88. The highest BCUT2D eigenvalue weighted by molar-refractivity contribution is 6.30. The van der Waals surface area contributed by atoms with Crippen LogP contribution in [0.4, 0.5) is 0 Å². The van der Waals surface area contributed by atoms with Gasteiger partial charge in [0.15, 0.2) is 0 Å². The summed E-state index contributed by atoms with van der Waals surface area (Å²) in [6.07, 6.45) is 2.59. The van der Waals surface area contributed by atoms with Gasteiger partial charge in [0, 0.05) is 24.2 Å². The van der Waals surface area contributed by atoms with Crippen molar-refractivity contribution >= 4 is 24.0 Å².